The van der Waals surface area contributed by atoms with Gasteiger partial charge in [0.05, 0.1) is 23.4 Å². The highest BCUT2D eigenvalue weighted by atomic mass is 79.9. The van der Waals surface area contributed by atoms with Crippen molar-refractivity contribution in [1.29, 1.82) is 15.8 Å². The molecule has 0 saturated carbocycles. The number of nitrogens with zero attached hydrogens (tertiary/aromatic N) is 4. The molecule has 31 heavy (non-hydrogen) atoms. The second-order valence-electron chi connectivity index (χ2n) is 8.61. The Labute approximate surface area is 190 Å². The zero-order valence-electron chi connectivity index (χ0n) is 17.5. The van der Waals surface area contributed by atoms with Gasteiger partial charge in [0.25, 0.3) is 0 Å². The fraction of sp³-hybridized carbons (Fsp3) is 0.391. The van der Waals surface area contributed by atoms with Gasteiger partial charge in [-0.3, -0.25) is 0 Å². The van der Waals surface area contributed by atoms with Crippen molar-refractivity contribution in [3.63, 3.8) is 0 Å². The van der Waals surface area contributed by atoms with Crippen molar-refractivity contribution >= 4 is 22.0 Å². The number of carbonyl (C=O) groups excluding carboxylic acids is 1. The molecule has 1 unspecified atom stereocenters. The average Bonchev–Trinajstić information content (AvgIpc) is 2.72. The van der Waals surface area contributed by atoms with E-state index >= 15 is 0 Å². The van der Waals surface area contributed by atoms with Gasteiger partial charge in [-0.25, -0.2) is 4.79 Å². The van der Waals surface area contributed by atoms with Crippen LogP contribution in [-0.2, 0) is 4.74 Å². The van der Waals surface area contributed by atoms with E-state index in [1.54, 1.807) is 26.8 Å². The zero-order valence-corrected chi connectivity index (χ0v) is 19.1. The second kappa shape index (κ2) is 8.10. The van der Waals surface area contributed by atoms with Gasteiger partial charge < -0.3 is 15.4 Å². The topological polar surface area (TPSA) is 127 Å². The quantitative estimate of drug-likeness (QED) is 0.645. The molecule has 0 bridgehead atoms. The van der Waals surface area contributed by atoms with Crippen LogP contribution in [0.2, 0.25) is 0 Å². The number of allylic oxidation sites excluding steroid dienone is 2. The minimum atomic E-state index is -1.74. The van der Waals surface area contributed by atoms with Gasteiger partial charge in [0, 0.05) is 29.4 Å². The van der Waals surface area contributed by atoms with Gasteiger partial charge in [-0.1, -0.05) is 34.1 Å². The Kier molecular flexibility index (Phi) is 5.85. The number of nitriles is 3. The maximum absolute atomic E-state index is 12.7. The molecule has 1 aliphatic carbocycles. The van der Waals surface area contributed by atoms with Crippen LogP contribution in [0.25, 0.3) is 0 Å². The third-order valence-corrected chi connectivity index (χ3v) is 6.07. The lowest BCUT2D eigenvalue weighted by Gasteiger charge is -2.45. The number of carbonyl (C=O) groups is 1. The summed E-state index contributed by atoms with van der Waals surface area (Å²) in [7, 11) is 0. The summed E-state index contributed by atoms with van der Waals surface area (Å²) in [6.07, 6.45) is 1.28. The summed E-state index contributed by atoms with van der Waals surface area (Å²) < 4.78 is 6.36. The summed E-state index contributed by atoms with van der Waals surface area (Å²) in [4.78, 5) is 14.3. The van der Waals surface area contributed by atoms with Crippen molar-refractivity contribution in [3.8, 4) is 18.2 Å². The highest BCUT2D eigenvalue weighted by Gasteiger charge is 2.54. The smallest absolute Gasteiger partial charge is 0.410 e. The van der Waals surface area contributed by atoms with Crippen LogP contribution in [0.1, 0.15) is 32.3 Å². The lowest BCUT2D eigenvalue weighted by Crippen LogP contribution is -2.50. The van der Waals surface area contributed by atoms with Crippen molar-refractivity contribution in [2.45, 2.75) is 32.3 Å². The van der Waals surface area contributed by atoms with Gasteiger partial charge in [-0.2, -0.15) is 15.8 Å². The molecule has 0 radical (unpaired) electrons. The summed E-state index contributed by atoms with van der Waals surface area (Å²) in [6, 6.07) is 13.6. The van der Waals surface area contributed by atoms with Crippen LogP contribution < -0.4 is 5.73 Å². The first-order chi connectivity index (χ1) is 14.6. The molecule has 3 rings (SSSR count). The number of hydrogen-bond donors (Lipinski definition) is 1. The zero-order chi connectivity index (χ0) is 23.0. The number of halogens is 1. The van der Waals surface area contributed by atoms with E-state index in [1.165, 1.54) is 4.90 Å². The van der Waals surface area contributed by atoms with Gasteiger partial charge in [0.15, 0.2) is 5.41 Å². The van der Waals surface area contributed by atoms with Crippen LogP contribution in [0.5, 0.6) is 0 Å². The largest absolute Gasteiger partial charge is 0.444 e. The van der Waals surface area contributed by atoms with Crippen LogP contribution in [0.15, 0.2) is 51.7 Å². The molecular formula is C23H22BrN5O2. The molecule has 0 spiro atoms. The van der Waals surface area contributed by atoms with Gasteiger partial charge in [0.1, 0.15) is 11.7 Å². The number of nitrogens with two attached hydrogens (primary N) is 1. The van der Waals surface area contributed by atoms with Crippen LogP contribution in [0, 0.1) is 45.3 Å². The summed E-state index contributed by atoms with van der Waals surface area (Å²) in [5.74, 6) is -1.13. The molecule has 1 aromatic carbocycles. The van der Waals surface area contributed by atoms with E-state index in [0.717, 1.165) is 10.0 Å². The van der Waals surface area contributed by atoms with Gasteiger partial charge in [-0.15, -0.1) is 0 Å². The minimum Gasteiger partial charge on any atom is -0.444 e. The van der Waals surface area contributed by atoms with Crippen molar-refractivity contribution in [2.24, 2.45) is 17.1 Å². The molecule has 1 aromatic rings. The number of ether oxygens (including phenoxy) is 1. The molecule has 0 aromatic heterocycles. The Morgan fingerprint density at radius 1 is 1.23 bits per heavy atom. The summed E-state index contributed by atoms with van der Waals surface area (Å²) in [5, 5.41) is 30.0. The third-order valence-electron chi connectivity index (χ3n) is 5.55. The molecule has 2 N–H and O–H groups in total. The van der Waals surface area contributed by atoms with E-state index in [9.17, 15) is 20.6 Å². The Balaban J connectivity index is 2.18. The molecule has 1 aliphatic heterocycles. The van der Waals surface area contributed by atoms with E-state index in [4.69, 9.17) is 10.5 Å². The highest BCUT2D eigenvalue weighted by molar-refractivity contribution is 9.10. The van der Waals surface area contributed by atoms with Gasteiger partial charge in [-0.05, 0) is 44.0 Å². The van der Waals surface area contributed by atoms with Crippen molar-refractivity contribution in [2.75, 3.05) is 13.1 Å². The molecule has 1 amide bonds. The first-order valence-electron chi connectivity index (χ1n) is 9.74. The number of hydrogen-bond acceptors (Lipinski definition) is 6. The van der Waals surface area contributed by atoms with Crippen LogP contribution >= 0.6 is 15.9 Å². The fourth-order valence-electron chi connectivity index (χ4n) is 4.20. The lowest BCUT2D eigenvalue weighted by atomic mass is 9.58. The molecule has 1 heterocycles. The summed E-state index contributed by atoms with van der Waals surface area (Å²) in [6.45, 7) is 5.81. The van der Waals surface area contributed by atoms with Crippen molar-refractivity contribution in [1.82, 2.24) is 4.90 Å². The molecule has 0 saturated heterocycles. The fourth-order valence-corrected chi connectivity index (χ4v) is 4.47. The Bertz CT molecular complexity index is 1080. The second-order valence-corrected chi connectivity index (χ2v) is 9.53. The van der Waals surface area contributed by atoms with E-state index in [0.29, 0.717) is 5.57 Å². The third kappa shape index (κ3) is 3.90. The predicted octanol–water partition coefficient (Wildman–Crippen LogP) is 4.11. The Morgan fingerprint density at radius 3 is 2.35 bits per heavy atom. The molecule has 8 heteroatoms. The van der Waals surface area contributed by atoms with Crippen LogP contribution in [0.4, 0.5) is 4.79 Å². The first kappa shape index (κ1) is 22.4. The van der Waals surface area contributed by atoms with E-state index in [1.807, 2.05) is 24.3 Å². The SMILES string of the molecule is CC(C)(C)OC(=O)N1CC=C2C(C#N)=C(N)C(C#N)(C#N)[C@H](c3ccc(Br)cc3)C2C1. The molecule has 2 atom stereocenters. The monoisotopic (exact) mass is 479 g/mol. The number of fused-ring (bicyclic) bond motifs is 1. The average molecular weight is 480 g/mol. The predicted molar refractivity (Wildman–Crippen MR) is 117 cm³/mol. The van der Waals surface area contributed by atoms with Gasteiger partial charge >= 0.3 is 6.09 Å². The normalized spacial score (nSPS) is 22.4. The van der Waals surface area contributed by atoms with E-state index in [2.05, 4.69) is 34.1 Å². The minimum absolute atomic E-state index is 0.0406. The molecule has 2 aliphatic rings. The Morgan fingerprint density at radius 2 is 1.84 bits per heavy atom. The number of benzene rings is 1. The maximum Gasteiger partial charge on any atom is 0.410 e. The van der Waals surface area contributed by atoms with Crippen molar-refractivity contribution < 1.29 is 9.53 Å². The van der Waals surface area contributed by atoms with Gasteiger partial charge in [0.2, 0.25) is 0 Å². The molecule has 0 fully saturated rings. The molecule has 158 valence electrons. The number of amides is 1. The van der Waals surface area contributed by atoms with Crippen LogP contribution in [-0.4, -0.2) is 29.7 Å². The van der Waals surface area contributed by atoms with E-state index in [-0.39, 0.29) is 24.4 Å². The summed E-state index contributed by atoms with van der Waals surface area (Å²) >= 11 is 3.40. The van der Waals surface area contributed by atoms with Crippen LogP contribution in [0.3, 0.4) is 0 Å². The maximum atomic E-state index is 12.7. The summed E-state index contributed by atoms with van der Waals surface area (Å²) in [5.41, 5.74) is 5.38. The lowest BCUT2D eigenvalue weighted by molar-refractivity contribution is 0.0224. The standard InChI is InChI=1S/C23H22BrN5O2/c1-22(2,3)31-21(30)29-9-8-16-17(10-25)20(28)23(12-26,13-27)19(18(16)11-29)14-4-6-15(24)7-5-14/h4-8,18-19H,9,11,28H2,1-3H3/t18?,19-/m1/s1. The highest BCUT2D eigenvalue weighted by Crippen LogP contribution is 2.54. The molecule has 7 nitrogen and oxygen atoms in total. The first-order valence-corrected chi connectivity index (χ1v) is 10.5. The van der Waals surface area contributed by atoms with E-state index < -0.39 is 28.9 Å². The Hall–Kier alpha value is -3.28. The molecular weight excluding hydrogens is 458 g/mol. The van der Waals surface area contributed by atoms with Crippen molar-refractivity contribution in [3.05, 3.63) is 57.2 Å². The number of rotatable bonds is 1.